The lowest BCUT2D eigenvalue weighted by molar-refractivity contribution is 0.0853. The smallest absolute Gasteiger partial charge is 0.288 e. The van der Waals surface area contributed by atoms with Crippen molar-refractivity contribution in [1.29, 1.82) is 0 Å². The van der Waals surface area contributed by atoms with Gasteiger partial charge in [0.2, 0.25) is 0 Å². The molecular formula is C17H13BrN2O4. The molecule has 0 radical (unpaired) electrons. The first kappa shape index (κ1) is 16.1. The minimum absolute atomic E-state index is 0.157. The van der Waals surface area contributed by atoms with E-state index in [1.807, 2.05) is 12.1 Å². The van der Waals surface area contributed by atoms with E-state index < -0.39 is 18.0 Å². The topological polar surface area (TPSA) is 84.5 Å². The zero-order valence-corrected chi connectivity index (χ0v) is 13.9. The van der Waals surface area contributed by atoms with Gasteiger partial charge in [-0.15, -0.1) is 0 Å². The van der Waals surface area contributed by atoms with Crippen LogP contribution < -0.4 is 10.6 Å². The van der Waals surface area contributed by atoms with Crippen LogP contribution in [-0.4, -0.2) is 11.8 Å². The summed E-state index contributed by atoms with van der Waals surface area (Å²) in [7, 11) is 0. The molecule has 0 unspecified atom stereocenters. The van der Waals surface area contributed by atoms with Crippen molar-refractivity contribution in [2.24, 2.45) is 0 Å². The standard InChI is InChI=1S/C17H13BrN2O4/c18-12-7-5-11(6-8-12)15(19-16(21)13-3-1-9-23-13)20-17(22)14-4-2-10-24-14/h1-10,15H,(H,19,21)(H,20,22). The van der Waals surface area contributed by atoms with E-state index in [4.69, 9.17) is 8.83 Å². The van der Waals surface area contributed by atoms with E-state index in [0.717, 1.165) is 4.47 Å². The molecule has 2 heterocycles. The Labute approximate surface area is 146 Å². The summed E-state index contributed by atoms with van der Waals surface area (Å²) < 4.78 is 11.0. The Kier molecular flexibility index (Phi) is 4.81. The molecule has 3 rings (SSSR count). The van der Waals surface area contributed by atoms with Crippen molar-refractivity contribution in [3.8, 4) is 0 Å². The van der Waals surface area contributed by atoms with Crippen molar-refractivity contribution in [3.05, 3.63) is 82.6 Å². The first-order valence-electron chi connectivity index (χ1n) is 7.07. The van der Waals surface area contributed by atoms with Crippen LogP contribution in [0.15, 0.2) is 74.4 Å². The van der Waals surface area contributed by atoms with Crippen LogP contribution in [0, 0.1) is 0 Å². The van der Waals surface area contributed by atoms with Crippen molar-refractivity contribution in [2.75, 3.05) is 0 Å². The summed E-state index contributed by atoms with van der Waals surface area (Å²) in [5.41, 5.74) is 0.706. The number of furan rings is 2. The van der Waals surface area contributed by atoms with Crippen LogP contribution in [0.1, 0.15) is 32.8 Å². The fraction of sp³-hybridized carbons (Fsp3) is 0.0588. The van der Waals surface area contributed by atoms with Gasteiger partial charge < -0.3 is 19.5 Å². The van der Waals surface area contributed by atoms with Crippen LogP contribution in [0.2, 0.25) is 0 Å². The second-order valence-corrected chi connectivity index (χ2v) is 5.80. The Bertz CT molecular complexity index is 763. The quantitative estimate of drug-likeness (QED) is 0.655. The van der Waals surface area contributed by atoms with Crippen LogP contribution in [0.3, 0.4) is 0 Å². The number of amides is 2. The maximum atomic E-state index is 12.2. The summed E-state index contributed by atoms with van der Waals surface area (Å²) in [6.07, 6.45) is 2.07. The molecule has 2 aromatic heterocycles. The van der Waals surface area contributed by atoms with Gasteiger partial charge in [0.25, 0.3) is 11.8 Å². The Morgan fingerprint density at radius 2 is 1.33 bits per heavy atom. The average Bonchev–Trinajstić information content (AvgIpc) is 3.28. The highest BCUT2D eigenvalue weighted by atomic mass is 79.9. The Morgan fingerprint density at radius 3 is 1.75 bits per heavy atom. The number of halogens is 1. The van der Waals surface area contributed by atoms with Gasteiger partial charge >= 0.3 is 0 Å². The van der Waals surface area contributed by atoms with Gasteiger partial charge in [-0.2, -0.15) is 0 Å². The minimum Gasteiger partial charge on any atom is -0.459 e. The number of benzene rings is 1. The number of carbonyl (C=O) groups excluding carboxylic acids is 2. The van der Waals surface area contributed by atoms with Crippen LogP contribution in [0.5, 0.6) is 0 Å². The summed E-state index contributed by atoms with van der Waals surface area (Å²) in [5.74, 6) is -0.561. The highest BCUT2D eigenvalue weighted by Gasteiger charge is 2.21. The molecule has 2 amide bonds. The van der Waals surface area contributed by atoms with Gasteiger partial charge in [-0.3, -0.25) is 9.59 Å². The molecule has 3 aromatic rings. The first-order valence-corrected chi connectivity index (χ1v) is 7.87. The van der Waals surface area contributed by atoms with E-state index in [0.29, 0.717) is 5.56 Å². The fourth-order valence-electron chi connectivity index (χ4n) is 2.08. The molecule has 7 heteroatoms. The predicted molar refractivity (Wildman–Crippen MR) is 89.2 cm³/mol. The molecule has 0 aliphatic carbocycles. The van der Waals surface area contributed by atoms with Gasteiger partial charge in [-0.05, 0) is 42.0 Å². The van der Waals surface area contributed by atoms with Crippen molar-refractivity contribution in [3.63, 3.8) is 0 Å². The molecule has 2 N–H and O–H groups in total. The third-order valence-corrected chi connectivity index (χ3v) is 3.77. The monoisotopic (exact) mass is 388 g/mol. The van der Waals surface area contributed by atoms with Gasteiger partial charge in [0.1, 0.15) is 6.17 Å². The van der Waals surface area contributed by atoms with Gasteiger partial charge in [0.05, 0.1) is 12.5 Å². The second kappa shape index (κ2) is 7.18. The zero-order valence-electron chi connectivity index (χ0n) is 12.4. The molecule has 0 saturated carbocycles. The molecule has 0 atom stereocenters. The number of nitrogens with one attached hydrogen (secondary N) is 2. The summed E-state index contributed by atoms with van der Waals surface area (Å²) in [6, 6.07) is 13.5. The zero-order chi connectivity index (χ0) is 16.9. The third-order valence-electron chi connectivity index (χ3n) is 3.24. The third kappa shape index (κ3) is 3.75. The van der Waals surface area contributed by atoms with Crippen molar-refractivity contribution in [2.45, 2.75) is 6.17 Å². The van der Waals surface area contributed by atoms with Gasteiger partial charge in [0.15, 0.2) is 11.5 Å². The lowest BCUT2D eigenvalue weighted by atomic mass is 10.1. The van der Waals surface area contributed by atoms with Crippen molar-refractivity contribution in [1.82, 2.24) is 10.6 Å². The molecule has 0 aliphatic heterocycles. The lowest BCUT2D eigenvalue weighted by Gasteiger charge is -2.19. The van der Waals surface area contributed by atoms with Gasteiger partial charge in [0, 0.05) is 4.47 Å². The SMILES string of the molecule is O=C(NC(NC(=O)c1ccco1)c1ccc(Br)cc1)c1ccco1. The van der Waals surface area contributed by atoms with E-state index in [-0.39, 0.29) is 11.5 Å². The highest BCUT2D eigenvalue weighted by molar-refractivity contribution is 9.10. The first-order chi connectivity index (χ1) is 11.6. The van der Waals surface area contributed by atoms with Gasteiger partial charge in [-0.25, -0.2) is 0 Å². The summed E-state index contributed by atoms with van der Waals surface area (Å²) in [5, 5.41) is 5.45. The number of hydrogen-bond acceptors (Lipinski definition) is 4. The normalized spacial score (nSPS) is 10.6. The van der Waals surface area contributed by atoms with E-state index in [1.54, 1.807) is 36.4 Å². The maximum absolute atomic E-state index is 12.2. The van der Waals surface area contributed by atoms with E-state index in [1.165, 1.54) is 12.5 Å². The van der Waals surface area contributed by atoms with Crippen LogP contribution in [0.25, 0.3) is 0 Å². The van der Waals surface area contributed by atoms with Crippen LogP contribution >= 0.6 is 15.9 Å². The molecule has 6 nitrogen and oxygen atoms in total. The fourth-order valence-corrected chi connectivity index (χ4v) is 2.34. The molecule has 0 fully saturated rings. The van der Waals surface area contributed by atoms with Crippen molar-refractivity contribution >= 4 is 27.7 Å². The molecule has 24 heavy (non-hydrogen) atoms. The van der Waals surface area contributed by atoms with E-state index in [9.17, 15) is 9.59 Å². The number of carbonyl (C=O) groups is 2. The summed E-state index contributed by atoms with van der Waals surface area (Å²) >= 11 is 3.35. The summed E-state index contributed by atoms with van der Waals surface area (Å²) in [4.78, 5) is 24.5. The maximum Gasteiger partial charge on any atom is 0.288 e. The minimum atomic E-state index is -0.742. The highest BCUT2D eigenvalue weighted by Crippen LogP contribution is 2.17. The van der Waals surface area contributed by atoms with E-state index in [2.05, 4.69) is 26.6 Å². The van der Waals surface area contributed by atoms with Gasteiger partial charge in [-0.1, -0.05) is 28.1 Å². The van der Waals surface area contributed by atoms with Crippen LogP contribution in [-0.2, 0) is 0 Å². The Balaban J connectivity index is 1.81. The van der Waals surface area contributed by atoms with Crippen LogP contribution in [0.4, 0.5) is 0 Å². The second-order valence-electron chi connectivity index (χ2n) is 4.89. The largest absolute Gasteiger partial charge is 0.459 e. The molecule has 0 bridgehead atoms. The Morgan fingerprint density at radius 1 is 0.833 bits per heavy atom. The average molecular weight is 389 g/mol. The molecule has 1 aromatic carbocycles. The molecule has 122 valence electrons. The molecule has 0 aliphatic rings. The molecule has 0 saturated heterocycles. The Hall–Kier alpha value is -2.80. The van der Waals surface area contributed by atoms with E-state index >= 15 is 0 Å². The van der Waals surface area contributed by atoms with Crippen molar-refractivity contribution < 1.29 is 18.4 Å². The lowest BCUT2D eigenvalue weighted by Crippen LogP contribution is -2.41. The summed E-state index contributed by atoms with van der Waals surface area (Å²) in [6.45, 7) is 0. The predicted octanol–water partition coefficient (Wildman–Crippen LogP) is 3.49. The molecular weight excluding hydrogens is 376 g/mol. The molecule has 0 spiro atoms. The number of hydrogen-bond donors (Lipinski definition) is 2. The number of rotatable bonds is 5.